The SMILES string of the molecule is CCNC(=NCC1CC=CCC1)NC1CCN(C(=O)C2CCCCC2)C1.I. The summed E-state index contributed by atoms with van der Waals surface area (Å²) in [5.41, 5.74) is 0. The molecule has 2 N–H and O–H groups in total. The molecule has 1 heterocycles. The molecule has 0 aromatic heterocycles. The van der Waals surface area contributed by atoms with Crippen molar-refractivity contribution < 1.29 is 4.79 Å². The Balaban J connectivity index is 0.00000261. The summed E-state index contributed by atoms with van der Waals surface area (Å²) in [6.07, 6.45) is 15.1. The van der Waals surface area contributed by atoms with Gasteiger partial charge in [-0.3, -0.25) is 9.79 Å². The second-order valence-corrected chi connectivity index (χ2v) is 8.12. The van der Waals surface area contributed by atoms with E-state index in [4.69, 9.17) is 4.99 Å². The number of amides is 1. The normalized spacial score (nSPS) is 26.6. The van der Waals surface area contributed by atoms with Gasteiger partial charge in [0, 0.05) is 38.1 Å². The van der Waals surface area contributed by atoms with Crippen LogP contribution in [0, 0.1) is 11.8 Å². The van der Waals surface area contributed by atoms with Crippen molar-refractivity contribution in [1.82, 2.24) is 15.5 Å². The van der Waals surface area contributed by atoms with Crippen LogP contribution < -0.4 is 10.6 Å². The number of nitrogens with zero attached hydrogens (tertiary/aromatic N) is 2. The first kappa shape index (κ1) is 22.5. The lowest BCUT2D eigenvalue weighted by molar-refractivity contribution is -0.135. The Morgan fingerprint density at radius 3 is 2.67 bits per heavy atom. The molecule has 2 unspecified atom stereocenters. The number of likely N-dealkylation sites (tertiary alicyclic amines) is 1. The fourth-order valence-electron chi connectivity index (χ4n) is 4.44. The van der Waals surface area contributed by atoms with Crippen molar-refractivity contribution in [1.29, 1.82) is 0 Å². The maximum Gasteiger partial charge on any atom is 0.225 e. The number of halogens is 1. The van der Waals surface area contributed by atoms with Gasteiger partial charge in [0.25, 0.3) is 0 Å². The van der Waals surface area contributed by atoms with Gasteiger partial charge in [0.05, 0.1) is 0 Å². The van der Waals surface area contributed by atoms with Crippen molar-refractivity contribution in [2.24, 2.45) is 16.8 Å². The first-order chi connectivity index (χ1) is 12.8. The number of allylic oxidation sites excluding steroid dienone is 2. The summed E-state index contributed by atoms with van der Waals surface area (Å²) in [5.74, 6) is 2.26. The predicted octanol–water partition coefficient (Wildman–Crippen LogP) is 3.70. The lowest BCUT2D eigenvalue weighted by atomic mass is 9.88. The maximum absolute atomic E-state index is 12.7. The zero-order valence-corrected chi connectivity index (χ0v) is 19.1. The molecule has 1 saturated carbocycles. The van der Waals surface area contributed by atoms with E-state index in [2.05, 4.69) is 34.6 Å². The molecule has 2 atom stereocenters. The Labute approximate surface area is 181 Å². The summed E-state index contributed by atoms with van der Waals surface area (Å²) in [6.45, 7) is 5.57. The van der Waals surface area contributed by atoms with Crippen LogP contribution in [0.1, 0.15) is 64.7 Å². The largest absolute Gasteiger partial charge is 0.357 e. The molecule has 0 aromatic carbocycles. The molecule has 1 aliphatic heterocycles. The Hall–Kier alpha value is -0.790. The third kappa shape index (κ3) is 6.95. The summed E-state index contributed by atoms with van der Waals surface area (Å²) < 4.78 is 0. The number of carbonyl (C=O) groups is 1. The fraction of sp³-hybridized carbons (Fsp3) is 0.810. The molecular formula is C21H37IN4O. The molecule has 6 heteroatoms. The zero-order valence-electron chi connectivity index (χ0n) is 16.8. The van der Waals surface area contributed by atoms with Gasteiger partial charge >= 0.3 is 0 Å². The second kappa shape index (κ2) is 11.9. The summed E-state index contributed by atoms with van der Waals surface area (Å²) >= 11 is 0. The van der Waals surface area contributed by atoms with Crippen molar-refractivity contribution in [3.8, 4) is 0 Å². The zero-order chi connectivity index (χ0) is 18.2. The van der Waals surface area contributed by atoms with Crippen molar-refractivity contribution in [3.63, 3.8) is 0 Å². The van der Waals surface area contributed by atoms with Gasteiger partial charge in [-0.15, -0.1) is 24.0 Å². The van der Waals surface area contributed by atoms with Gasteiger partial charge in [0.1, 0.15) is 0 Å². The highest BCUT2D eigenvalue weighted by molar-refractivity contribution is 14.0. The number of hydrogen-bond donors (Lipinski definition) is 2. The predicted molar refractivity (Wildman–Crippen MR) is 123 cm³/mol. The van der Waals surface area contributed by atoms with E-state index in [9.17, 15) is 4.79 Å². The van der Waals surface area contributed by atoms with E-state index < -0.39 is 0 Å². The van der Waals surface area contributed by atoms with Crippen LogP contribution >= 0.6 is 24.0 Å². The van der Waals surface area contributed by atoms with Crippen LogP contribution in [0.3, 0.4) is 0 Å². The van der Waals surface area contributed by atoms with Gasteiger partial charge in [-0.25, -0.2) is 0 Å². The Kier molecular flexibility index (Phi) is 9.93. The number of aliphatic imine (C=N–C) groups is 1. The summed E-state index contributed by atoms with van der Waals surface area (Å²) in [5, 5.41) is 6.95. The van der Waals surface area contributed by atoms with Crippen LogP contribution in [0.25, 0.3) is 0 Å². The molecule has 3 aliphatic rings. The van der Waals surface area contributed by atoms with E-state index >= 15 is 0 Å². The van der Waals surface area contributed by atoms with Crippen LogP contribution in [-0.4, -0.2) is 49.0 Å². The Bertz CT molecular complexity index is 516. The molecule has 3 rings (SSSR count). The first-order valence-electron chi connectivity index (χ1n) is 10.7. The number of hydrogen-bond acceptors (Lipinski definition) is 2. The second-order valence-electron chi connectivity index (χ2n) is 8.12. The summed E-state index contributed by atoms with van der Waals surface area (Å²) in [6, 6.07) is 0.326. The quantitative estimate of drug-likeness (QED) is 0.269. The minimum atomic E-state index is 0. The topological polar surface area (TPSA) is 56.7 Å². The Morgan fingerprint density at radius 2 is 1.96 bits per heavy atom. The third-order valence-corrected chi connectivity index (χ3v) is 6.02. The van der Waals surface area contributed by atoms with E-state index in [0.717, 1.165) is 57.8 Å². The highest BCUT2D eigenvalue weighted by atomic mass is 127. The number of carbonyl (C=O) groups excluding carboxylic acids is 1. The molecule has 0 aromatic rings. The summed E-state index contributed by atoms with van der Waals surface area (Å²) in [7, 11) is 0. The summed E-state index contributed by atoms with van der Waals surface area (Å²) in [4.78, 5) is 19.6. The molecule has 0 bridgehead atoms. The van der Waals surface area contributed by atoms with Gasteiger partial charge in [0.15, 0.2) is 5.96 Å². The standard InChI is InChI=1S/C21H36N4O.HI/c1-2-22-21(23-15-17-9-5-3-6-10-17)24-19-13-14-25(16-19)20(26)18-11-7-4-8-12-18;/h3,5,17-19H,2,4,6-16H2,1H3,(H2,22,23,24);1H. The molecule has 1 amide bonds. The van der Waals surface area contributed by atoms with Crippen molar-refractivity contribution in [2.75, 3.05) is 26.2 Å². The van der Waals surface area contributed by atoms with Gasteiger partial charge < -0.3 is 15.5 Å². The van der Waals surface area contributed by atoms with Crippen molar-refractivity contribution in [2.45, 2.75) is 70.8 Å². The van der Waals surface area contributed by atoms with E-state index in [1.54, 1.807) is 0 Å². The molecule has 1 saturated heterocycles. The number of guanidine groups is 1. The van der Waals surface area contributed by atoms with Crippen molar-refractivity contribution >= 4 is 35.8 Å². The minimum absolute atomic E-state index is 0. The highest BCUT2D eigenvalue weighted by Gasteiger charge is 2.31. The molecule has 154 valence electrons. The van der Waals surface area contributed by atoms with Gasteiger partial charge in [-0.05, 0) is 51.4 Å². The molecule has 2 fully saturated rings. The van der Waals surface area contributed by atoms with Crippen LogP contribution in [0.4, 0.5) is 0 Å². The van der Waals surface area contributed by atoms with Crippen LogP contribution in [-0.2, 0) is 4.79 Å². The maximum atomic E-state index is 12.7. The smallest absolute Gasteiger partial charge is 0.225 e. The van der Waals surface area contributed by atoms with Crippen LogP contribution in [0.2, 0.25) is 0 Å². The van der Waals surface area contributed by atoms with E-state index in [-0.39, 0.29) is 29.9 Å². The third-order valence-electron chi connectivity index (χ3n) is 6.02. The lowest BCUT2D eigenvalue weighted by Gasteiger charge is -2.26. The first-order valence-corrected chi connectivity index (χ1v) is 10.7. The molecule has 27 heavy (non-hydrogen) atoms. The number of nitrogens with one attached hydrogen (secondary N) is 2. The molecule has 0 spiro atoms. The average molecular weight is 488 g/mol. The van der Waals surface area contributed by atoms with Crippen molar-refractivity contribution in [3.05, 3.63) is 12.2 Å². The molecule has 2 aliphatic carbocycles. The van der Waals surface area contributed by atoms with Crippen LogP contribution in [0.15, 0.2) is 17.1 Å². The van der Waals surface area contributed by atoms with E-state index in [1.165, 1.54) is 32.1 Å². The molecule has 0 radical (unpaired) electrons. The Morgan fingerprint density at radius 1 is 1.15 bits per heavy atom. The van der Waals surface area contributed by atoms with Gasteiger partial charge in [-0.2, -0.15) is 0 Å². The lowest BCUT2D eigenvalue weighted by Crippen LogP contribution is -2.45. The minimum Gasteiger partial charge on any atom is -0.357 e. The molecular weight excluding hydrogens is 451 g/mol. The van der Waals surface area contributed by atoms with E-state index in [0.29, 0.717) is 17.9 Å². The van der Waals surface area contributed by atoms with Gasteiger partial charge in [-0.1, -0.05) is 31.4 Å². The van der Waals surface area contributed by atoms with E-state index in [1.807, 2.05) is 0 Å². The number of rotatable bonds is 5. The monoisotopic (exact) mass is 488 g/mol. The highest BCUT2D eigenvalue weighted by Crippen LogP contribution is 2.26. The molecule has 5 nitrogen and oxygen atoms in total. The van der Waals surface area contributed by atoms with Gasteiger partial charge in [0.2, 0.25) is 5.91 Å². The van der Waals surface area contributed by atoms with Crippen LogP contribution in [0.5, 0.6) is 0 Å². The fourth-order valence-corrected chi connectivity index (χ4v) is 4.44. The average Bonchev–Trinajstić information content (AvgIpc) is 3.16.